The number of hydrogen-bond acceptors (Lipinski definition) is 5. The zero-order chi connectivity index (χ0) is 15.4. The van der Waals surface area contributed by atoms with E-state index in [9.17, 15) is 10.1 Å². The van der Waals surface area contributed by atoms with Crippen molar-refractivity contribution < 1.29 is 14.4 Å². The van der Waals surface area contributed by atoms with Gasteiger partial charge < -0.3 is 15.2 Å². The smallest absolute Gasteiger partial charge is 0.352 e. The lowest BCUT2D eigenvalue weighted by atomic mass is 9.93. The summed E-state index contributed by atoms with van der Waals surface area (Å²) in [4.78, 5) is 10.9. The number of benzene rings is 1. The molecule has 0 spiro atoms. The minimum atomic E-state index is -0.449. The lowest BCUT2D eigenvalue weighted by Gasteiger charge is -2.27. The summed E-state index contributed by atoms with van der Waals surface area (Å²) in [5.41, 5.74) is 5.83. The molecule has 21 heavy (non-hydrogen) atoms. The first-order valence-electron chi connectivity index (χ1n) is 7.33. The van der Waals surface area contributed by atoms with E-state index in [0.717, 1.165) is 25.7 Å². The molecule has 2 unspecified atom stereocenters. The molecule has 2 rings (SSSR count). The molecule has 1 saturated carbocycles. The number of nitrogens with two attached hydrogens (primary N) is 1. The van der Waals surface area contributed by atoms with Gasteiger partial charge in [0.2, 0.25) is 11.5 Å². The van der Waals surface area contributed by atoms with Crippen LogP contribution in [-0.2, 0) is 0 Å². The van der Waals surface area contributed by atoms with Crippen molar-refractivity contribution in [2.75, 3.05) is 0 Å². The van der Waals surface area contributed by atoms with Crippen LogP contribution in [0.5, 0.6) is 11.5 Å². The highest BCUT2D eigenvalue weighted by Crippen LogP contribution is 2.38. The van der Waals surface area contributed by atoms with Crippen molar-refractivity contribution in [3.05, 3.63) is 28.3 Å². The Labute approximate surface area is 124 Å². The van der Waals surface area contributed by atoms with Gasteiger partial charge in [0.15, 0.2) is 0 Å². The molecule has 0 amide bonds. The summed E-state index contributed by atoms with van der Waals surface area (Å²) in [6.07, 6.45) is 3.37. The Balaban J connectivity index is 2.23. The maximum absolute atomic E-state index is 11.4. The number of para-hydroxylation sites is 1. The summed E-state index contributed by atoms with van der Waals surface area (Å²) in [5, 5.41) is 11.4. The number of hydrogen-bond donors (Lipinski definition) is 1. The van der Waals surface area contributed by atoms with Crippen LogP contribution in [-0.4, -0.2) is 23.2 Å². The van der Waals surface area contributed by atoms with Crippen LogP contribution in [0.2, 0.25) is 0 Å². The van der Waals surface area contributed by atoms with Crippen molar-refractivity contribution in [3.63, 3.8) is 0 Å². The van der Waals surface area contributed by atoms with Crippen molar-refractivity contribution in [1.29, 1.82) is 0 Å². The summed E-state index contributed by atoms with van der Waals surface area (Å²) in [6.45, 7) is 3.66. The Morgan fingerprint density at radius 2 is 2.05 bits per heavy atom. The summed E-state index contributed by atoms with van der Waals surface area (Å²) in [7, 11) is 0. The normalized spacial score (nSPS) is 22.1. The maximum atomic E-state index is 11.4. The standard InChI is InChI=1S/C15H22N2O4/c1-10(2)20-13-7-4-8-14(15(13)17(18)19)21-12-6-3-5-11(16)9-12/h4,7-8,10-12H,3,5-6,9,16H2,1-2H3. The maximum Gasteiger partial charge on any atom is 0.352 e. The van der Waals surface area contributed by atoms with Gasteiger partial charge in [-0.25, -0.2) is 0 Å². The van der Waals surface area contributed by atoms with E-state index in [-0.39, 0.29) is 35.4 Å². The molecule has 1 aromatic rings. The Kier molecular flexibility index (Phi) is 5.01. The van der Waals surface area contributed by atoms with E-state index < -0.39 is 4.92 Å². The average Bonchev–Trinajstić information content (AvgIpc) is 2.37. The lowest BCUT2D eigenvalue weighted by molar-refractivity contribution is -0.387. The Hall–Kier alpha value is -1.82. The van der Waals surface area contributed by atoms with Gasteiger partial charge in [-0.05, 0) is 51.7 Å². The predicted molar refractivity (Wildman–Crippen MR) is 79.7 cm³/mol. The van der Waals surface area contributed by atoms with Gasteiger partial charge in [0.25, 0.3) is 0 Å². The van der Waals surface area contributed by atoms with Crippen LogP contribution in [0, 0.1) is 10.1 Å². The molecule has 0 aromatic heterocycles. The van der Waals surface area contributed by atoms with Crippen LogP contribution in [0.25, 0.3) is 0 Å². The predicted octanol–water partition coefficient (Wildman–Crippen LogP) is 3.03. The minimum absolute atomic E-state index is 0.0678. The average molecular weight is 294 g/mol. The topological polar surface area (TPSA) is 87.6 Å². The van der Waals surface area contributed by atoms with Crippen LogP contribution >= 0.6 is 0 Å². The van der Waals surface area contributed by atoms with E-state index in [1.54, 1.807) is 18.2 Å². The molecule has 0 saturated heterocycles. The number of nitro benzene ring substituents is 1. The van der Waals surface area contributed by atoms with Gasteiger partial charge >= 0.3 is 5.69 Å². The summed E-state index contributed by atoms with van der Waals surface area (Å²) < 4.78 is 11.3. The number of nitrogens with zero attached hydrogens (tertiary/aromatic N) is 1. The van der Waals surface area contributed by atoms with Gasteiger partial charge in [-0.15, -0.1) is 0 Å². The van der Waals surface area contributed by atoms with E-state index in [1.807, 2.05) is 13.8 Å². The zero-order valence-corrected chi connectivity index (χ0v) is 12.5. The second-order valence-corrected chi connectivity index (χ2v) is 5.69. The summed E-state index contributed by atoms with van der Waals surface area (Å²) in [6, 6.07) is 5.03. The zero-order valence-electron chi connectivity index (χ0n) is 12.5. The van der Waals surface area contributed by atoms with Gasteiger partial charge in [0.1, 0.15) is 6.10 Å². The highest BCUT2D eigenvalue weighted by molar-refractivity contribution is 5.57. The minimum Gasteiger partial charge on any atom is -0.484 e. The number of nitro groups is 1. The van der Waals surface area contributed by atoms with Crippen molar-refractivity contribution in [3.8, 4) is 11.5 Å². The molecule has 2 N–H and O–H groups in total. The second-order valence-electron chi connectivity index (χ2n) is 5.69. The SMILES string of the molecule is CC(C)Oc1cccc(OC2CCCC(N)C2)c1[N+](=O)[O-]. The van der Waals surface area contributed by atoms with Crippen LogP contribution < -0.4 is 15.2 Å². The monoisotopic (exact) mass is 294 g/mol. The Bertz CT molecular complexity index is 504. The quantitative estimate of drug-likeness (QED) is 0.666. The molecule has 2 atom stereocenters. The second kappa shape index (κ2) is 6.76. The molecule has 0 heterocycles. The van der Waals surface area contributed by atoms with Gasteiger partial charge in [-0.2, -0.15) is 0 Å². The fourth-order valence-corrected chi connectivity index (χ4v) is 2.59. The molecule has 1 aromatic carbocycles. The first kappa shape index (κ1) is 15.6. The molecule has 1 aliphatic rings. The number of ether oxygens (including phenoxy) is 2. The highest BCUT2D eigenvalue weighted by Gasteiger charge is 2.27. The van der Waals surface area contributed by atoms with Crippen LogP contribution in [0.1, 0.15) is 39.5 Å². The van der Waals surface area contributed by atoms with Crippen molar-refractivity contribution in [2.24, 2.45) is 5.73 Å². The van der Waals surface area contributed by atoms with E-state index in [1.165, 1.54) is 0 Å². The number of rotatable bonds is 5. The molecule has 0 aliphatic heterocycles. The molecule has 0 bridgehead atoms. The van der Waals surface area contributed by atoms with Crippen LogP contribution in [0.4, 0.5) is 5.69 Å². The van der Waals surface area contributed by atoms with E-state index >= 15 is 0 Å². The van der Waals surface area contributed by atoms with Gasteiger partial charge in [0, 0.05) is 6.04 Å². The third-order valence-electron chi connectivity index (χ3n) is 3.47. The molecule has 116 valence electrons. The molecule has 6 heteroatoms. The third kappa shape index (κ3) is 4.07. The first-order chi connectivity index (χ1) is 9.97. The fourth-order valence-electron chi connectivity index (χ4n) is 2.59. The first-order valence-corrected chi connectivity index (χ1v) is 7.33. The summed E-state index contributed by atoms with van der Waals surface area (Å²) >= 11 is 0. The third-order valence-corrected chi connectivity index (χ3v) is 3.47. The molecule has 6 nitrogen and oxygen atoms in total. The van der Waals surface area contributed by atoms with E-state index in [0.29, 0.717) is 0 Å². The highest BCUT2D eigenvalue weighted by atomic mass is 16.6. The van der Waals surface area contributed by atoms with Gasteiger partial charge in [0.05, 0.1) is 11.0 Å². The summed E-state index contributed by atoms with van der Waals surface area (Å²) in [5.74, 6) is 0.504. The Morgan fingerprint density at radius 1 is 1.33 bits per heavy atom. The molecular weight excluding hydrogens is 272 g/mol. The largest absolute Gasteiger partial charge is 0.484 e. The fraction of sp³-hybridized carbons (Fsp3) is 0.600. The Morgan fingerprint density at radius 3 is 2.67 bits per heavy atom. The van der Waals surface area contributed by atoms with Gasteiger partial charge in [-0.3, -0.25) is 10.1 Å². The molecule has 0 radical (unpaired) electrons. The lowest BCUT2D eigenvalue weighted by Crippen LogP contribution is -2.33. The molecule has 1 fully saturated rings. The molecular formula is C15H22N2O4. The van der Waals surface area contributed by atoms with Crippen LogP contribution in [0.3, 0.4) is 0 Å². The van der Waals surface area contributed by atoms with E-state index in [4.69, 9.17) is 15.2 Å². The van der Waals surface area contributed by atoms with E-state index in [2.05, 4.69) is 0 Å². The van der Waals surface area contributed by atoms with Crippen LogP contribution in [0.15, 0.2) is 18.2 Å². The van der Waals surface area contributed by atoms with Crippen molar-refractivity contribution in [1.82, 2.24) is 0 Å². The molecule has 1 aliphatic carbocycles. The van der Waals surface area contributed by atoms with Gasteiger partial charge in [-0.1, -0.05) is 6.07 Å². The van der Waals surface area contributed by atoms with Crippen molar-refractivity contribution in [2.45, 2.75) is 57.8 Å². The van der Waals surface area contributed by atoms with Crippen molar-refractivity contribution >= 4 is 5.69 Å².